The van der Waals surface area contributed by atoms with E-state index in [1.165, 1.54) is 12.8 Å². The van der Waals surface area contributed by atoms with Crippen molar-refractivity contribution in [3.05, 3.63) is 54.5 Å². The molecule has 23 heavy (non-hydrogen) atoms. The molecule has 1 aromatic carbocycles. The third kappa shape index (κ3) is 2.54. The standard InChI is InChI=1S/C18H18N4O/c23-18(13-7-9-19-12-13)21-15-5-6-16(22-10-1-2-11-22)17-14(15)4-3-8-20-17/h3-9,12,19H,1-2,10-11H2,(H,21,23). The van der Waals surface area contributed by atoms with E-state index < -0.39 is 0 Å². The van der Waals surface area contributed by atoms with Crippen LogP contribution in [-0.4, -0.2) is 29.0 Å². The van der Waals surface area contributed by atoms with Crippen molar-refractivity contribution in [1.29, 1.82) is 0 Å². The van der Waals surface area contributed by atoms with E-state index in [1.807, 2.05) is 18.2 Å². The zero-order chi connectivity index (χ0) is 15.6. The molecule has 5 nitrogen and oxygen atoms in total. The van der Waals surface area contributed by atoms with Crippen LogP contribution in [0.2, 0.25) is 0 Å². The third-order valence-electron chi connectivity index (χ3n) is 4.30. The van der Waals surface area contributed by atoms with Crippen LogP contribution < -0.4 is 10.2 Å². The molecular weight excluding hydrogens is 288 g/mol. The van der Waals surface area contributed by atoms with Gasteiger partial charge in [-0.25, -0.2) is 0 Å². The number of carbonyl (C=O) groups excluding carboxylic acids is 1. The number of H-pyrrole nitrogens is 1. The van der Waals surface area contributed by atoms with Crippen LogP contribution in [0.3, 0.4) is 0 Å². The Labute approximate surface area is 134 Å². The first-order chi connectivity index (χ1) is 11.3. The molecule has 0 spiro atoms. The highest BCUT2D eigenvalue weighted by Gasteiger charge is 2.17. The second-order valence-electron chi connectivity index (χ2n) is 5.78. The van der Waals surface area contributed by atoms with Gasteiger partial charge < -0.3 is 15.2 Å². The second kappa shape index (κ2) is 5.76. The Kier molecular flexibility index (Phi) is 3.46. The molecule has 0 radical (unpaired) electrons. The molecule has 2 N–H and O–H groups in total. The molecule has 3 heterocycles. The highest BCUT2D eigenvalue weighted by molar-refractivity contribution is 6.10. The summed E-state index contributed by atoms with van der Waals surface area (Å²) in [7, 11) is 0. The molecule has 0 aliphatic carbocycles. The summed E-state index contributed by atoms with van der Waals surface area (Å²) in [6.07, 6.45) is 7.68. The molecule has 1 aliphatic heterocycles. The minimum atomic E-state index is -0.120. The summed E-state index contributed by atoms with van der Waals surface area (Å²) in [5.74, 6) is -0.120. The van der Waals surface area contributed by atoms with Gasteiger partial charge in [0.2, 0.25) is 0 Å². The molecule has 0 bridgehead atoms. The van der Waals surface area contributed by atoms with Crippen LogP contribution in [0.25, 0.3) is 10.9 Å². The largest absolute Gasteiger partial charge is 0.370 e. The second-order valence-corrected chi connectivity index (χ2v) is 5.78. The summed E-state index contributed by atoms with van der Waals surface area (Å²) in [5.41, 5.74) is 3.51. The predicted molar refractivity (Wildman–Crippen MR) is 91.9 cm³/mol. The van der Waals surface area contributed by atoms with Gasteiger partial charge in [-0.2, -0.15) is 0 Å². The third-order valence-corrected chi connectivity index (χ3v) is 4.30. The predicted octanol–water partition coefficient (Wildman–Crippen LogP) is 3.42. The molecule has 3 aromatic rings. The molecule has 1 aliphatic rings. The topological polar surface area (TPSA) is 61.0 Å². The fraction of sp³-hybridized carbons (Fsp3) is 0.222. The maximum atomic E-state index is 12.3. The van der Waals surface area contributed by atoms with Crippen LogP contribution in [-0.2, 0) is 0 Å². The number of pyridine rings is 1. The molecule has 1 fully saturated rings. The van der Waals surface area contributed by atoms with Crippen LogP contribution in [0.15, 0.2) is 48.9 Å². The van der Waals surface area contributed by atoms with Crippen molar-refractivity contribution in [2.24, 2.45) is 0 Å². The van der Waals surface area contributed by atoms with Gasteiger partial charge in [-0.3, -0.25) is 9.78 Å². The summed E-state index contributed by atoms with van der Waals surface area (Å²) in [6, 6.07) is 9.71. The number of benzene rings is 1. The lowest BCUT2D eigenvalue weighted by Gasteiger charge is -2.20. The molecule has 0 unspecified atom stereocenters. The summed E-state index contributed by atoms with van der Waals surface area (Å²) < 4.78 is 0. The highest BCUT2D eigenvalue weighted by Crippen LogP contribution is 2.32. The average molecular weight is 306 g/mol. The van der Waals surface area contributed by atoms with E-state index in [1.54, 1.807) is 24.7 Å². The van der Waals surface area contributed by atoms with Crippen molar-refractivity contribution < 1.29 is 4.79 Å². The van der Waals surface area contributed by atoms with Crippen LogP contribution >= 0.6 is 0 Å². The number of anilines is 2. The van der Waals surface area contributed by atoms with E-state index in [4.69, 9.17) is 0 Å². The molecule has 0 saturated carbocycles. The lowest BCUT2D eigenvalue weighted by Crippen LogP contribution is -2.18. The van der Waals surface area contributed by atoms with Gasteiger partial charge in [0.1, 0.15) is 0 Å². The number of nitrogens with zero attached hydrogens (tertiary/aromatic N) is 2. The lowest BCUT2D eigenvalue weighted by atomic mass is 10.1. The quantitative estimate of drug-likeness (QED) is 0.779. The average Bonchev–Trinajstić information content (AvgIpc) is 3.29. The number of hydrogen-bond donors (Lipinski definition) is 2. The first-order valence-electron chi connectivity index (χ1n) is 7.90. The van der Waals surface area contributed by atoms with E-state index in [-0.39, 0.29) is 5.91 Å². The molecule has 4 rings (SSSR count). The Balaban J connectivity index is 1.73. The molecular formula is C18H18N4O. The number of fused-ring (bicyclic) bond motifs is 1. The summed E-state index contributed by atoms with van der Waals surface area (Å²) in [5, 5.41) is 3.96. The van der Waals surface area contributed by atoms with Gasteiger partial charge in [0, 0.05) is 37.1 Å². The van der Waals surface area contributed by atoms with Gasteiger partial charge in [-0.15, -0.1) is 0 Å². The van der Waals surface area contributed by atoms with Crippen LogP contribution in [0, 0.1) is 0 Å². The Hall–Kier alpha value is -2.82. The van der Waals surface area contributed by atoms with Crippen molar-refractivity contribution in [3.63, 3.8) is 0 Å². The summed E-state index contributed by atoms with van der Waals surface area (Å²) in [6.45, 7) is 2.14. The highest BCUT2D eigenvalue weighted by atomic mass is 16.1. The minimum Gasteiger partial charge on any atom is -0.370 e. The number of aromatic amines is 1. The van der Waals surface area contributed by atoms with E-state index in [0.717, 1.165) is 35.4 Å². The number of rotatable bonds is 3. The van der Waals surface area contributed by atoms with E-state index >= 15 is 0 Å². The van der Waals surface area contributed by atoms with Gasteiger partial charge in [-0.05, 0) is 43.2 Å². The first-order valence-corrected chi connectivity index (χ1v) is 7.90. The zero-order valence-electron chi connectivity index (χ0n) is 12.7. The number of carbonyl (C=O) groups is 1. The molecule has 116 valence electrons. The van der Waals surface area contributed by atoms with Crippen molar-refractivity contribution in [2.45, 2.75) is 12.8 Å². The van der Waals surface area contributed by atoms with Gasteiger partial charge in [0.15, 0.2) is 0 Å². The van der Waals surface area contributed by atoms with Gasteiger partial charge >= 0.3 is 0 Å². The Morgan fingerprint density at radius 1 is 1.17 bits per heavy atom. The van der Waals surface area contributed by atoms with Gasteiger partial charge in [0.25, 0.3) is 5.91 Å². The van der Waals surface area contributed by atoms with E-state index in [9.17, 15) is 4.79 Å². The fourth-order valence-corrected chi connectivity index (χ4v) is 3.14. The fourth-order valence-electron chi connectivity index (χ4n) is 3.14. The Morgan fingerprint density at radius 2 is 2.04 bits per heavy atom. The molecule has 1 amide bonds. The summed E-state index contributed by atoms with van der Waals surface area (Å²) in [4.78, 5) is 22.1. The normalized spacial score (nSPS) is 14.3. The van der Waals surface area contributed by atoms with Crippen molar-refractivity contribution in [3.8, 4) is 0 Å². The van der Waals surface area contributed by atoms with Gasteiger partial charge in [0.05, 0.1) is 22.5 Å². The number of nitrogens with one attached hydrogen (secondary N) is 2. The summed E-state index contributed by atoms with van der Waals surface area (Å²) >= 11 is 0. The van der Waals surface area contributed by atoms with E-state index in [0.29, 0.717) is 5.56 Å². The van der Waals surface area contributed by atoms with Crippen LogP contribution in [0.1, 0.15) is 23.2 Å². The maximum Gasteiger partial charge on any atom is 0.257 e. The Bertz CT molecular complexity index is 835. The molecule has 2 aromatic heterocycles. The van der Waals surface area contributed by atoms with Crippen molar-refractivity contribution in [1.82, 2.24) is 9.97 Å². The SMILES string of the molecule is O=C(Nc1ccc(N2CCCC2)c2ncccc12)c1cc[nH]c1. The maximum absolute atomic E-state index is 12.3. The zero-order valence-corrected chi connectivity index (χ0v) is 12.7. The van der Waals surface area contributed by atoms with Gasteiger partial charge in [-0.1, -0.05) is 0 Å². The molecule has 5 heteroatoms. The lowest BCUT2D eigenvalue weighted by molar-refractivity contribution is 0.102. The number of amides is 1. The first kappa shape index (κ1) is 13.8. The van der Waals surface area contributed by atoms with Crippen molar-refractivity contribution in [2.75, 3.05) is 23.3 Å². The number of aromatic nitrogens is 2. The van der Waals surface area contributed by atoms with Crippen molar-refractivity contribution >= 4 is 28.2 Å². The van der Waals surface area contributed by atoms with Crippen LogP contribution in [0.4, 0.5) is 11.4 Å². The van der Waals surface area contributed by atoms with Crippen LogP contribution in [0.5, 0.6) is 0 Å². The molecule has 0 atom stereocenters. The van der Waals surface area contributed by atoms with E-state index in [2.05, 4.69) is 26.3 Å². The Morgan fingerprint density at radius 3 is 2.83 bits per heavy atom. The monoisotopic (exact) mass is 306 g/mol. The smallest absolute Gasteiger partial charge is 0.257 e. The number of hydrogen-bond acceptors (Lipinski definition) is 3. The molecule has 1 saturated heterocycles. The minimum absolute atomic E-state index is 0.120.